The van der Waals surface area contributed by atoms with E-state index in [2.05, 4.69) is 12.2 Å². The fourth-order valence-electron chi connectivity index (χ4n) is 1.87. The minimum absolute atomic E-state index is 0.0950. The standard InChI is InChI=1S/C13H27NO2/c1-3-4-5-6-7-8-9-10-11-12(2)14-13(15)16/h12,14H,3-11H2,1-2H3,(H,15,16). The van der Waals surface area contributed by atoms with Gasteiger partial charge in [-0.1, -0.05) is 58.3 Å². The van der Waals surface area contributed by atoms with Gasteiger partial charge in [0.25, 0.3) is 0 Å². The Hall–Kier alpha value is -0.730. The molecule has 2 N–H and O–H groups in total. The Morgan fingerprint density at radius 3 is 2.06 bits per heavy atom. The lowest BCUT2D eigenvalue weighted by molar-refractivity contribution is 0.190. The zero-order valence-corrected chi connectivity index (χ0v) is 10.8. The molecule has 0 aromatic heterocycles. The first-order valence-corrected chi connectivity index (χ1v) is 6.66. The lowest BCUT2D eigenvalue weighted by Gasteiger charge is -2.10. The minimum Gasteiger partial charge on any atom is -0.465 e. The molecule has 0 aliphatic carbocycles. The summed E-state index contributed by atoms with van der Waals surface area (Å²) >= 11 is 0. The van der Waals surface area contributed by atoms with E-state index in [1.54, 1.807) is 0 Å². The van der Waals surface area contributed by atoms with Crippen molar-refractivity contribution in [2.24, 2.45) is 0 Å². The van der Waals surface area contributed by atoms with Crippen LogP contribution in [0.5, 0.6) is 0 Å². The van der Waals surface area contributed by atoms with Crippen molar-refractivity contribution in [2.45, 2.75) is 77.7 Å². The number of amides is 1. The molecule has 0 rings (SSSR count). The monoisotopic (exact) mass is 229 g/mol. The molecule has 3 heteroatoms. The summed E-state index contributed by atoms with van der Waals surface area (Å²) in [5.41, 5.74) is 0. The van der Waals surface area contributed by atoms with Gasteiger partial charge in [-0.3, -0.25) is 0 Å². The third kappa shape index (κ3) is 11.3. The van der Waals surface area contributed by atoms with Gasteiger partial charge >= 0.3 is 6.09 Å². The molecule has 0 fully saturated rings. The highest BCUT2D eigenvalue weighted by molar-refractivity contribution is 5.64. The zero-order chi connectivity index (χ0) is 12.2. The quantitative estimate of drug-likeness (QED) is 0.552. The highest BCUT2D eigenvalue weighted by atomic mass is 16.4. The molecular weight excluding hydrogens is 202 g/mol. The first-order chi connectivity index (χ1) is 7.66. The Labute approximate surface area is 99.6 Å². The molecule has 0 bridgehead atoms. The number of unbranched alkanes of at least 4 members (excludes halogenated alkanes) is 7. The summed E-state index contributed by atoms with van der Waals surface area (Å²) in [4.78, 5) is 10.3. The van der Waals surface area contributed by atoms with Crippen molar-refractivity contribution in [3.05, 3.63) is 0 Å². The van der Waals surface area contributed by atoms with Crippen LogP contribution in [0.2, 0.25) is 0 Å². The summed E-state index contributed by atoms with van der Waals surface area (Å²) in [6.07, 6.45) is 10.4. The Morgan fingerprint density at radius 1 is 1.06 bits per heavy atom. The van der Waals surface area contributed by atoms with Gasteiger partial charge in [-0.05, 0) is 13.3 Å². The SMILES string of the molecule is CCCCCCCCCCC(C)NC(=O)O. The zero-order valence-electron chi connectivity index (χ0n) is 10.8. The third-order valence-corrected chi connectivity index (χ3v) is 2.86. The van der Waals surface area contributed by atoms with Crippen LogP contribution in [0.25, 0.3) is 0 Å². The number of carbonyl (C=O) groups is 1. The Balaban J connectivity index is 3.11. The molecule has 0 saturated heterocycles. The van der Waals surface area contributed by atoms with Gasteiger partial charge in [0.05, 0.1) is 0 Å². The second-order valence-electron chi connectivity index (χ2n) is 4.61. The van der Waals surface area contributed by atoms with E-state index < -0.39 is 6.09 Å². The average molecular weight is 229 g/mol. The molecule has 3 nitrogen and oxygen atoms in total. The molecule has 0 aromatic rings. The third-order valence-electron chi connectivity index (χ3n) is 2.86. The fourth-order valence-corrected chi connectivity index (χ4v) is 1.87. The van der Waals surface area contributed by atoms with Crippen LogP contribution in [-0.2, 0) is 0 Å². The topological polar surface area (TPSA) is 49.3 Å². The number of carboxylic acid groups (broad SMARTS) is 1. The first-order valence-electron chi connectivity index (χ1n) is 6.66. The van der Waals surface area contributed by atoms with Gasteiger partial charge in [-0.2, -0.15) is 0 Å². The lowest BCUT2D eigenvalue weighted by atomic mass is 10.1. The van der Waals surface area contributed by atoms with Gasteiger partial charge < -0.3 is 10.4 Å². The van der Waals surface area contributed by atoms with E-state index in [1.165, 1.54) is 44.9 Å². The number of rotatable bonds is 10. The van der Waals surface area contributed by atoms with E-state index in [0.29, 0.717) is 0 Å². The van der Waals surface area contributed by atoms with E-state index in [1.807, 2.05) is 6.92 Å². The highest BCUT2D eigenvalue weighted by Crippen LogP contribution is 2.10. The van der Waals surface area contributed by atoms with Gasteiger partial charge in [0.15, 0.2) is 0 Å². The van der Waals surface area contributed by atoms with E-state index >= 15 is 0 Å². The molecule has 16 heavy (non-hydrogen) atoms. The van der Waals surface area contributed by atoms with Gasteiger partial charge in [0.2, 0.25) is 0 Å². The van der Waals surface area contributed by atoms with Gasteiger partial charge in [0.1, 0.15) is 0 Å². The Bertz CT molecular complexity index is 171. The molecular formula is C13H27NO2. The first kappa shape index (κ1) is 15.3. The van der Waals surface area contributed by atoms with Crippen molar-refractivity contribution in [2.75, 3.05) is 0 Å². The van der Waals surface area contributed by atoms with Crippen molar-refractivity contribution in [3.63, 3.8) is 0 Å². The molecule has 1 unspecified atom stereocenters. The van der Waals surface area contributed by atoms with Crippen LogP contribution in [0.15, 0.2) is 0 Å². The predicted molar refractivity (Wildman–Crippen MR) is 67.8 cm³/mol. The smallest absolute Gasteiger partial charge is 0.404 e. The van der Waals surface area contributed by atoms with Crippen LogP contribution in [0.1, 0.15) is 71.6 Å². The van der Waals surface area contributed by atoms with Crippen LogP contribution < -0.4 is 5.32 Å². The average Bonchev–Trinajstić information content (AvgIpc) is 2.21. The van der Waals surface area contributed by atoms with E-state index in [4.69, 9.17) is 5.11 Å². The number of hydrogen-bond acceptors (Lipinski definition) is 1. The Kier molecular flexibility index (Phi) is 10.3. The summed E-state index contributed by atoms with van der Waals surface area (Å²) in [7, 11) is 0. The van der Waals surface area contributed by atoms with E-state index in [-0.39, 0.29) is 6.04 Å². The maximum Gasteiger partial charge on any atom is 0.404 e. The van der Waals surface area contributed by atoms with E-state index in [0.717, 1.165) is 12.8 Å². The molecule has 0 saturated carbocycles. The number of hydrogen-bond donors (Lipinski definition) is 2. The highest BCUT2D eigenvalue weighted by Gasteiger charge is 2.03. The summed E-state index contributed by atoms with van der Waals surface area (Å²) in [5, 5.41) is 11.0. The fraction of sp³-hybridized carbons (Fsp3) is 0.923. The minimum atomic E-state index is -0.910. The van der Waals surface area contributed by atoms with Crippen molar-refractivity contribution < 1.29 is 9.90 Å². The molecule has 96 valence electrons. The molecule has 0 aliphatic heterocycles. The summed E-state index contributed by atoms with van der Waals surface area (Å²) in [5.74, 6) is 0. The van der Waals surface area contributed by atoms with Crippen molar-refractivity contribution in [3.8, 4) is 0 Å². The van der Waals surface area contributed by atoms with Crippen LogP contribution in [-0.4, -0.2) is 17.2 Å². The van der Waals surface area contributed by atoms with Gasteiger partial charge in [-0.25, -0.2) is 4.79 Å². The van der Waals surface area contributed by atoms with Crippen molar-refractivity contribution in [1.82, 2.24) is 5.32 Å². The summed E-state index contributed by atoms with van der Waals surface area (Å²) < 4.78 is 0. The molecule has 1 amide bonds. The van der Waals surface area contributed by atoms with Crippen molar-refractivity contribution >= 4 is 6.09 Å². The van der Waals surface area contributed by atoms with Crippen LogP contribution in [0, 0.1) is 0 Å². The second-order valence-corrected chi connectivity index (χ2v) is 4.61. The molecule has 0 radical (unpaired) electrons. The predicted octanol–water partition coefficient (Wildman–Crippen LogP) is 4.17. The van der Waals surface area contributed by atoms with E-state index in [9.17, 15) is 4.79 Å². The summed E-state index contributed by atoms with van der Waals surface area (Å²) in [6, 6.07) is 0.0950. The molecule has 0 heterocycles. The Morgan fingerprint density at radius 2 is 1.56 bits per heavy atom. The summed E-state index contributed by atoms with van der Waals surface area (Å²) in [6.45, 7) is 4.16. The molecule has 1 atom stereocenters. The molecule has 0 aromatic carbocycles. The van der Waals surface area contributed by atoms with Crippen molar-refractivity contribution in [1.29, 1.82) is 0 Å². The maximum absolute atomic E-state index is 10.3. The lowest BCUT2D eigenvalue weighted by Crippen LogP contribution is -2.30. The second kappa shape index (κ2) is 10.8. The van der Waals surface area contributed by atoms with Gasteiger partial charge in [-0.15, -0.1) is 0 Å². The molecule has 0 spiro atoms. The van der Waals surface area contributed by atoms with Crippen LogP contribution in [0.3, 0.4) is 0 Å². The normalized spacial score (nSPS) is 12.4. The van der Waals surface area contributed by atoms with Crippen LogP contribution in [0.4, 0.5) is 4.79 Å². The largest absolute Gasteiger partial charge is 0.465 e. The molecule has 0 aliphatic rings. The maximum atomic E-state index is 10.3. The van der Waals surface area contributed by atoms with Crippen LogP contribution >= 0.6 is 0 Å². The number of nitrogens with one attached hydrogen (secondary N) is 1. The van der Waals surface area contributed by atoms with Gasteiger partial charge in [0, 0.05) is 6.04 Å².